The van der Waals surface area contributed by atoms with Gasteiger partial charge in [-0.15, -0.1) is 24.0 Å². The molecule has 29 heavy (non-hydrogen) atoms. The fourth-order valence-corrected chi connectivity index (χ4v) is 4.86. The number of carbonyl (C=O) groups is 1. The van der Waals surface area contributed by atoms with Gasteiger partial charge in [-0.1, -0.05) is 13.8 Å². The number of aliphatic imine (C=N–C) groups is 1. The molecule has 1 N–H and O–H groups in total. The van der Waals surface area contributed by atoms with Crippen molar-refractivity contribution >= 4 is 35.8 Å². The number of likely N-dealkylation sites (tertiary alicyclic amines) is 1. The summed E-state index contributed by atoms with van der Waals surface area (Å²) in [5.74, 6) is 1.26. The van der Waals surface area contributed by atoms with Crippen molar-refractivity contribution in [2.24, 2.45) is 10.4 Å². The van der Waals surface area contributed by atoms with Crippen molar-refractivity contribution in [3.8, 4) is 0 Å². The Morgan fingerprint density at radius 2 is 1.66 bits per heavy atom. The number of methoxy groups -OCH3 is 1. The van der Waals surface area contributed by atoms with Crippen LogP contribution in [-0.2, 0) is 9.53 Å². The summed E-state index contributed by atoms with van der Waals surface area (Å²) in [6.45, 7) is 14.2. The van der Waals surface area contributed by atoms with Crippen LogP contribution in [0.25, 0.3) is 0 Å². The number of halogens is 1. The predicted molar refractivity (Wildman–Crippen MR) is 128 cm³/mol. The average Bonchev–Trinajstić information content (AvgIpc) is 3.24. The molecular weight excluding hydrogens is 481 g/mol. The van der Waals surface area contributed by atoms with Gasteiger partial charge in [-0.3, -0.25) is 14.7 Å². The van der Waals surface area contributed by atoms with Gasteiger partial charge in [0.15, 0.2) is 5.96 Å². The molecule has 3 atom stereocenters. The van der Waals surface area contributed by atoms with Crippen LogP contribution in [0.3, 0.4) is 0 Å². The molecular formula is C21H40IN5O2. The zero-order valence-corrected chi connectivity index (χ0v) is 21.4. The molecule has 3 fully saturated rings. The largest absolute Gasteiger partial charge is 0.378 e. The highest BCUT2D eigenvalue weighted by molar-refractivity contribution is 14.0. The predicted octanol–water partition coefficient (Wildman–Crippen LogP) is 2.01. The molecule has 3 rings (SSSR count). The van der Waals surface area contributed by atoms with Crippen LogP contribution in [0.15, 0.2) is 4.99 Å². The number of piperazine rings is 1. The lowest BCUT2D eigenvalue weighted by Crippen LogP contribution is -2.70. The van der Waals surface area contributed by atoms with Crippen molar-refractivity contribution in [3.05, 3.63) is 0 Å². The smallest absolute Gasteiger partial charge is 0.239 e. The second kappa shape index (κ2) is 9.68. The van der Waals surface area contributed by atoms with Gasteiger partial charge in [0.25, 0.3) is 0 Å². The maximum absolute atomic E-state index is 12.7. The Morgan fingerprint density at radius 3 is 2.14 bits per heavy atom. The zero-order valence-electron chi connectivity index (χ0n) is 19.0. The number of guanidine groups is 1. The van der Waals surface area contributed by atoms with E-state index in [2.05, 4.69) is 47.8 Å². The summed E-state index contributed by atoms with van der Waals surface area (Å²) >= 11 is 0. The first-order valence-corrected chi connectivity index (χ1v) is 10.8. The number of hydrogen-bond acceptors (Lipinski definition) is 4. The van der Waals surface area contributed by atoms with E-state index in [-0.39, 0.29) is 41.0 Å². The summed E-state index contributed by atoms with van der Waals surface area (Å²) in [4.78, 5) is 23.9. The molecule has 1 saturated carbocycles. The van der Waals surface area contributed by atoms with Crippen molar-refractivity contribution in [2.45, 2.75) is 64.6 Å². The van der Waals surface area contributed by atoms with Gasteiger partial charge in [-0.2, -0.15) is 0 Å². The summed E-state index contributed by atoms with van der Waals surface area (Å²) < 4.78 is 5.75. The third kappa shape index (κ3) is 4.69. The molecule has 2 saturated heterocycles. The number of nitrogens with one attached hydrogen (secondary N) is 1. The standard InChI is InChI=1S/C21H39N5O2.HI/c1-16(18(27)25-9-7-8-10-25)24-11-13-26(14-12-24)19(22-5)23-17-15-21(4,28-6)20(17,2)3;/h16-17H,7-15H2,1-6H3,(H,22,23);1H. The molecule has 7 nitrogen and oxygen atoms in total. The van der Waals surface area contributed by atoms with Gasteiger partial charge in [0.05, 0.1) is 11.6 Å². The molecule has 0 bridgehead atoms. The van der Waals surface area contributed by atoms with Crippen LogP contribution in [0, 0.1) is 5.41 Å². The van der Waals surface area contributed by atoms with E-state index in [1.165, 1.54) is 0 Å². The Morgan fingerprint density at radius 1 is 1.07 bits per heavy atom. The van der Waals surface area contributed by atoms with Gasteiger partial charge in [0.1, 0.15) is 0 Å². The first-order chi connectivity index (χ1) is 13.2. The Kier molecular flexibility index (Phi) is 8.23. The molecule has 0 radical (unpaired) electrons. The van der Waals surface area contributed by atoms with Gasteiger partial charge in [0.2, 0.25) is 5.91 Å². The Hall–Kier alpha value is -0.610. The minimum atomic E-state index is -0.0897. The summed E-state index contributed by atoms with van der Waals surface area (Å²) in [7, 11) is 3.66. The van der Waals surface area contributed by atoms with E-state index in [9.17, 15) is 4.79 Å². The van der Waals surface area contributed by atoms with Crippen molar-refractivity contribution in [1.82, 2.24) is 20.0 Å². The van der Waals surface area contributed by atoms with Gasteiger partial charge in [-0.25, -0.2) is 0 Å². The topological polar surface area (TPSA) is 60.4 Å². The van der Waals surface area contributed by atoms with Crippen LogP contribution in [0.2, 0.25) is 0 Å². The minimum Gasteiger partial charge on any atom is -0.378 e. The molecule has 3 unspecified atom stereocenters. The number of carbonyl (C=O) groups excluding carboxylic acids is 1. The molecule has 2 aliphatic heterocycles. The van der Waals surface area contributed by atoms with E-state index >= 15 is 0 Å². The molecule has 2 heterocycles. The van der Waals surface area contributed by atoms with Gasteiger partial charge >= 0.3 is 0 Å². The van der Waals surface area contributed by atoms with Crippen molar-refractivity contribution in [2.75, 3.05) is 53.4 Å². The summed E-state index contributed by atoms with van der Waals surface area (Å²) in [6, 6.07) is 0.327. The molecule has 168 valence electrons. The van der Waals surface area contributed by atoms with Crippen LogP contribution in [0.5, 0.6) is 0 Å². The lowest BCUT2D eigenvalue weighted by molar-refractivity contribution is -0.177. The molecule has 0 aromatic carbocycles. The highest BCUT2D eigenvalue weighted by Crippen LogP contribution is 2.51. The molecule has 0 spiro atoms. The Balaban J connectivity index is 0.00000300. The lowest BCUT2D eigenvalue weighted by Gasteiger charge is -2.59. The van der Waals surface area contributed by atoms with Crippen LogP contribution in [-0.4, -0.2) is 97.7 Å². The molecule has 0 aromatic rings. The fourth-order valence-electron chi connectivity index (χ4n) is 4.86. The average molecular weight is 521 g/mol. The zero-order chi connectivity index (χ0) is 20.5. The third-order valence-corrected chi connectivity index (χ3v) is 7.73. The maximum Gasteiger partial charge on any atom is 0.239 e. The van der Waals surface area contributed by atoms with Crippen molar-refractivity contribution in [1.29, 1.82) is 0 Å². The van der Waals surface area contributed by atoms with E-state index in [0.29, 0.717) is 11.9 Å². The third-order valence-electron chi connectivity index (χ3n) is 7.73. The normalized spacial score (nSPS) is 31.1. The Labute approximate surface area is 193 Å². The number of nitrogens with zero attached hydrogens (tertiary/aromatic N) is 4. The first kappa shape index (κ1) is 24.7. The van der Waals surface area contributed by atoms with E-state index in [1.807, 2.05) is 11.9 Å². The van der Waals surface area contributed by atoms with E-state index in [4.69, 9.17) is 4.74 Å². The van der Waals surface area contributed by atoms with Crippen LogP contribution < -0.4 is 5.32 Å². The number of amides is 1. The van der Waals surface area contributed by atoms with Crippen LogP contribution >= 0.6 is 24.0 Å². The lowest BCUT2D eigenvalue weighted by atomic mass is 9.56. The molecule has 8 heteroatoms. The second-order valence-electron chi connectivity index (χ2n) is 9.34. The van der Waals surface area contributed by atoms with Crippen molar-refractivity contribution in [3.63, 3.8) is 0 Å². The Bertz CT molecular complexity index is 600. The second-order valence-corrected chi connectivity index (χ2v) is 9.34. The van der Waals surface area contributed by atoms with Gasteiger partial charge in [0, 0.05) is 64.9 Å². The first-order valence-electron chi connectivity index (χ1n) is 10.8. The summed E-state index contributed by atoms with van der Waals surface area (Å²) in [5, 5.41) is 3.67. The van der Waals surface area contributed by atoms with Crippen molar-refractivity contribution < 1.29 is 9.53 Å². The monoisotopic (exact) mass is 521 g/mol. The highest BCUT2D eigenvalue weighted by Gasteiger charge is 2.58. The summed E-state index contributed by atoms with van der Waals surface area (Å²) in [6.07, 6.45) is 3.28. The van der Waals surface area contributed by atoms with Gasteiger partial charge < -0.3 is 19.9 Å². The molecule has 1 aliphatic carbocycles. The van der Waals surface area contributed by atoms with Crippen LogP contribution in [0.1, 0.15) is 47.0 Å². The summed E-state index contributed by atoms with van der Waals surface area (Å²) in [5.41, 5.74) is -0.0379. The van der Waals surface area contributed by atoms with Crippen LogP contribution in [0.4, 0.5) is 0 Å². The van der Waals surface area contributed by atoms with E-state index in [1.54, 1.807) is 7.11 Å². The fraction of sp³-hybridized carbons (Fsp3) is 0.905. The molecule has 0 aromatic heterocycles. The molecule has 3 aliphatic rings. The number of hydrogen-bond donors (Lipinski definition) is 1. The van der Waals surface area contributed by atoms with Gasteiger partial charge in [-0.05, 0) is 33.1 Å². The SMILES string of the molecule is CN=C(NC1CC(C)(OC)C1(C)C)N1CCN(C(C)C(=O)N2CCCC2)CC1.I. The highest BCUT2D eigenvalue weighted by atomic mass is 127. The maximum atomic E-state index is 12.7. The van der Waals surface area contributed by atoms with E-state index in [0.717, 1.165) is 64.5 Å². The minimum absolute atomic E-state index is 0. The van der Waals surface area contributed by atoms with E-state index < -0.39 is 0 Å². The number of ether oxygens (including phenoxy) is 1. The number of rotatable bonds is 4. The molecule has 1 amide bonds. The quantitative estimate of drug-likeness (QED) is 0.349.